The van der Waals surface area contributed by atoms with Crippen molar-refractivity contribution in [3.63, 3.8) is 0 Å². The summed E-state index contributed by atoms with van der Waals surface area (Å²) < 4.78 is 12.9. The lowest BCUT2D eigenvalue weighted by Gasteiger charge is -2.32. The summed E-state index contributed by atoms with van der Waals surface area (Å²) in [4.78, 5) is 26.2. The number of hydrogen-bond donors (Lipinski definition) is 4. The summed E-state index contributed by atoms with van der Waals surface area (Å²) >= 11 is 0. The van der Waals surface area contributed by atoms with Crippen molar-refractivity contribution in [3.05, 3.63) is 65.5 Å². The van der Waals surface area contributed by atoms with Gasteiger partial charge in [-0.25, -0.2) is 9.18 Å². The number of aliphatic hydroxyl groups is 1. The first-order valence-electron chi connectivity index (χ1n) is 9.54. The van der Waals surface area contributed by atoms with Crippen molar-refractivity contribution in [3.8, 4) is 0 Å². The third-order valence-electron chi connectivity index (χ3n) is 4.76. The lowest BCUT2D eigenvalue weighted by Crippen LogP contribution is -2.54. The van der Waals surface area contributed by atoms with Crippen molar-refractivity contribution in [1.29, 1.82) is 0 Å². The van der Waals surface area contributed by atoms with Crippen LogP contribution in [0.25, 0.3) is 0 Å². The first kappa shape index (κ1) is 20.8. The number of carbonyl (C=O) groups excluding carboxylic acids is 2. The zero-order valence-electron chi connectivity index (χ0n) is 16.0. The highest BCUT2D eigenvalue weighted by atomic mass is 19.1. The van der Waals surface area contributed by atoms with Gasteiger partial charge in [0, 0.05) is 37.9 Å². The van der Waals surface area contributed by atoms with Crippen molar-refractivity contribution < 1.29 is 19.1 Å². The first-order valence-corrected chi connectivity index (χ1v) is 9.54. The molecule has 2 aromatic carbocycles. The summed E-state index contributed by atoms with van der Waals surface area (Å²) in [5.74, 6) is -0.301. The summed E-state index contributed by atoms with van der Waals surface area (Å²) in [5.41, 5.74) is 2.26. The molecule has 0 bridgehead atoms. The van der Waals surface area contributed by atoms with E-state index in [2.05, 4.69) is 16.0 Å². The zero-order valence-corrected chi connectivity index (χ0v) is 16.0. The molecule has 3 rings (SSSR count). The largest absolute Gasteiger partial charge is 0.395 e. The van der Waals surface area contributed by atoms with Gasteiger partial charge in [0.2, 0.25) is 5.91 Å². The molecular formula is C21H25FN4O3. The number of carbonyl (C=O) groups is 2. The zero-order chi connectivity index (χ0) is 20.6. The highest BCUT2D eigenvalue weighted by molar-refractivity contribution is 5.89. The van der Waals surface area contributed by atoms with Crippen LogP contribution in [-0.2, 0) is 17.8 Å². The number of urea groups is 1. The lowest BCUT2D eigenvalue weighted by molar-refractivity contribution is -0.131. The van der Waals surface area contributed by atoms with E-state index in [0.29, 0.717) is 25.3 Å². The summed E-state index contributed by atoms with van der Waals surface area (Å²) in [5, 5.41) is 17.8. The number of rotatable bonds is 6. The summed E-state index contributed by atoms with van der Waals surface area (Å²) in [6.45, 7) is 2.10. The molecule has 8 heteroatoms. The Balaban J connectivity index is 1.46. The van der Waals surface area contributed by atoms with E-state index in [9.17, 15) is 19.1 Å². The number of nitrogens with zero attached hydrogens (tertiary/aromatic N) is 1. The molecule has 1 aliphatic rings. The molecule has 1 fully saturated rings. The Hall–Kier alpha value is -2.97. The minimum Gasteiger partial charge on any atom is -0.395 e. The van der Waals surface area contributed by atoms with Crippen molar-refractivity contribution >= 4 is 17.6 Å². The molecule has 1 aliphatic heterocycles. The predicted octanol–water partition coefficient (Wildman–Crippen LogP) is 1.48. The number of anilines is 1. The van der Waals surface area contributed by atoms with Crippen LogP contribution in [0.5, 0.6) is 0 Å². The van der Waals surface area contributed by atoms with Gasteiger partial charge in [0.25, 0.3) is 0 Å². The Morgan fingerprint density at radius 2 is 1.79 bits per heavy atom. The molecule has 7 nitrogen and oxygen atoms in total. The van der Waals surface area contributed by atoms with E-state index >= 15 is 0 Å². The number of aliphatic hydroxyl groups excluding tert-OH is 1. The third kappa shape index (κ3) is 6.27. The number of hydrogen-bond acceptors (Lipinski definition) is 4. The molecule has 3 amide bonds. The fraction of sp³-hybridized carbons (Fsp3) is 0.333. The van der Waals surface area contributed by atoms with Crippen LogP contribution in [-0.4, -0.2) is 54.2 Å². The summed E-state index contributed by atoms with van der Waals surface area (Å²) in [7, 11) is 0. The maximum Gasteiger partial charge on any atom is 0.319 e. The van der Waals surface area contributed by atoms with Crippen molar-refractivity contribution in [2.75, 3.05) is 31.6 Å². The molecule has 1 heterocycles. The van der Waals surface area contributed by atoms with Gasteiger partial charge < -0.3 is 26.0 Å². The Morgan fingerprint density at radius 3 is 2.48 bits per heavy atom. The molecule has 0 aliphatic carbocycles. The smallest absolute Gasteiger partial charge is 0.319 e. The van der Waals surface area contributed by atoms with Crippen LogP contribution in [0.4, 0.5) is 14.9 Å². The topological polar surface area (TPSA) is 93.7 Å². The number of piperazine rings is 1. The van der Waals surface area contributed by atoms with E-state index in [1.165, 1.54) is 12.1 Å². The van der Waals surface area contributed by atoms with E-state index < -0.39 is 0 Å². The van der Waals surface area contributed by atoms with Gasteiger partial charge in [-0.3, -0.25) is 4.79 Å². The molecule has 0 saturated carbocycles. The monoisotopic (exact) mass is 400 g/mol. The van der Waals surface area contributed by atoms with Gasteiger partial charge in [0.1, 0.15) is 5.82 Å². The van der Waals surface area contributed by atoms with Gasteiger partial charge in [-0.05, 0) is 35.4 Å². The molecule has 4 N–H and O–H groups in total. The molecule has 154 valence electrons. The van der Waals surface area contributed by atoms with Crippen LogP contribution in [0.3, 0.4) is 0 Å². The summed E-state index contributed by atoms with van der Waals surface area (Å²) in [6.07, 6.45) is 0.273. The third-order valence-corrected chi connectivity index (χ3v) is 4.76. The predicted molar refractivity (Wildman–Crippen MR) is 108 cm³/mol. The Bertz CT molecular complexity index is 827. The Morgan fingerprint density at radius 1 is 1.10 bits per heavy atom. The van der Waals surface area contributed by atoms with E-state index in [0.717, 1.165) is 11.1 Å². The van der Waals surface area contributed by atoms with Crippen LogP contribution >= 0.6 is 0 Å². The minimum absolute atomic E-state index is 0.00731. The van der Waals surface area contributed by atoms with Crippen molar-refractivity contribution in [1.82, 2.24) is 15.5 Å². The quantitative estimate of drug-likeness (QED) is 0.591. The Labute approximate surface area is 168 Å². The molecule has 0 aromatic heterocycles. The fourth-order valence-corrected chi connectivity index (χ4v) is 3.13. The van der Waals surface area contributed by atoms with E-state index in [1.54, 1.807) is 41.3 Å². The number of nitrogens with one attached hydrogen (secondary N) is 3. The van der Waals surface area contributed by atoms with Gasteiger partial charge in [-0.15, -0.1) is 0 Å². The normalized spacial score (nSPS) is 16.3. The molecule has 2 aromatic rings. The minimum atomic E-state index is -0.367. The Kier molecular flexibility index (Phi) is 7.15. The van der Waals surface area contributed by atoms with Gasteiger partial charge in [0.05, 0.1) is 13.0 Å². The van der Waals surface area contributed by atoms with Crippen LogP contribution < -0.4 is 16.0 Å². The van der Waals surface area contributed by atoms with E-state index in [-0.39, 0.29) is 43.4 Å². The molecule has 1 saturated heterocycles. The molecule has 0 radical (unpaired) electrons. The molecular weight excluding hydrogens is 375 g/mol. The average Bonchev–Trinajstić information content (AvgIpc) is 2.74. The van der Waals surface area contributed by atoms with Crippen LogP contribution in [0.1, 0.15) is 11.1 Å². The maximum absolute atomic E-state index is 12.9. The highest BCUT2D eigenvalue weighted by Gasteiger charge is 2.22. The molecule has 1 atom stereocenters. The second-order valence-electron chi connectivity index (χ2n) is 6.98. The van der Waals surface area contributed by atoms with Crippen LogP contribution in [0.15, 0.2) is 48.5 Å². The average molecular weight is 400 g/mol. The highest BCUT2D eigenvalue weighted by Crippen LogP contribution is 2.12. The van der Waals surface area contributed by atoms with Gasteiger partial charge in [0.15, 0.2) is 0 Å². The van der Waals surface area contributed by atoms with Crippen LogP contribution in [0.2, 0.25) is 0 Å². The second-order valence-corrected chi connectivity index (χ2v) is 6.98. The number of benzene rings is 2. The van der Waals surface area contributed by atoms with Crippen molar-refractivity contribution in [2.24, 2.45) is 0 Å². The number of halogens is 1. The lowest BCUT2D eigenvalue weighted by atomic mass is 10.1. The van der Waals surface area contributed by atoms with Gasteiger partial charge in [-0.2, -0.15) is 0 Å². The van der Waals surface area contributed by atoms with Crippen LogP contribution in [0, 0.1) is 5.82 Å². The van der Waals surface area contributed by atoms with Gasteiger partial charge in [-0.1, -0.05) is 24.3 Å². The van der Waals surface area contributed by atoms with Crippen molar-refractivity contribution in [2.45, 2.75) is 19.0 Å². The fourth-order valence-electron chi connectivity index (χ4n) is 3.13. The van der Waals surface area contributed by atoms with E-state index in [1.807, 2.05) is 0 Å². The molecule has 0 unspecified atom stereocenters. The van der Waals surface area contributed by atoms with Gasteiger partial charge >= 0.3 is 6.03 Å². The SMILES string of the molecule is O=C(NCc1ccc(F)cc1)Nc1ccc(CC(=O)N2CCN[C@H](CO)C2)cc1. The van der Waals surface area contributed by atoms with E-state index in [4.69, 9.17) is 0 Å². The number of amides is 3. The first-order chi connectivity index (χ1) is 14.0. The molecule has 29 heavy (non-hydrogen) atoms. The molecule has 0 spiro atoms. The second kappa shape index (κ2) is 9.99. The maximum atomic E-state index is 12.9. The summed E-state index contributed by atoms with van der Waals surface area (Å²) in [6, 6.07) is 12.6. The standard InChI is InChI=1S/C21H25FN4O3/c22-17-5-1-16(2-6-17)12-24-21(29)25-18-7-3-15(4-8-18)11-20(28)26-10-9-23-19(13-26)14-27/h1-8,19,23,27H,9-14H2,(H2,24,25,29)/t19-/m0/s1.